The van der Waals surface area contributed by atoms with Gasteiger partial charge >= 0.3 is 5.97 Å². The van der Waals surface area contributed by atoms with Gasteiger partial charge in [-0.3, -0.25) is 4.79 Å². The molecule has 0 spiro atoms. The van der Waals surface area contributed by atoms with Crippen molar-refractivity contribution in [3.8, 4) is 0 Å². The van der Waals surface area contributed by atoms with Crippen LogP contribution in [0.2, 0.25) is 0 Å². The minimum atomic E-state index is -1.68. The SMILES string of the molecule is CC(=O)C1(C(=O)O)CCCN1O. The summed E-state index contributed by atoms with van der Waals surface area (Å²) in [5.74, 6) is -1.79. The fourth-order valence-electron chi connectivity index (χ4n) is 1.53. The van der Waals surface area contributed by atoms with Gasteiger partial charge in [-0.2, -0.15) is 5.06 Å². The standard InChI is InChI=1S/C7H11NO4/c1-5(9)7(6(10)11)3-2-4-8(7)12/h12H,2-4H2,1H3,(H,10,11). The minimum absolute atomic E-state index is 0.189. The van der Waals surface area contributed by atoms with Crippen molar-refractivity contribution in [2.45, 2.75) is 25.3 Å². The molecule has 0 amide bonds. The van der Waals surface area contributed by atoms with Crippen LogP contribution in [0.4, 0.5) is 0 Å². The zero-order valence-electron chi connectivity index (χ0n) is 6.78. The lowest BCUT2D eigenvalue weighted by Gasteiger charge is -2.26. The number of ketones is 1. The molecule has 1 saturated heterocycles. The van der Waals surface area contributed by atoms with Crippen LogP contribution >= 0.6 is 0 Å². The van der Waals surface area contributed by atoms with E-state index in [4.69, 9.17) is 5.11 Å². The summed E-state index contributed by atoms with van der Waals surface area (Å²) in [4.78, 5) is 21.8. The lowest BCUT2D eigenvalue weighted by atomic mass is 9.93. The number of carbonyl (C=O) groups is 2. The number of aliphatic carboxylic acids is 1. The van der Waals surface area contributed by atoms with Gasteiger partial charge < -0.3 is 10.3 Å². The van der Waals surface area contributed by atoms with Gasteiger partial charge in [0.1, 0.15) is 0 Å². The van der Waals surface area contributed by atoms with Gasteiger partial charge in [0.05, 0.1) is 0 Å². The van der Waals surface area contributed by atoms with Crippen molar-refractivity contribution in [3.05, 3.63) is 0 Å². The van der Waals surface area contributed by atoms with Crippen LogP contribution in [0.15, 0.2) is 0 Å². The molecule has 1 heterocycles. The third-order valence-corrected chi connectivity index (χ3v) is 2.29. The number of hydrogen-bond donors (Lipinski definition) is 2. The van der Waals surface area contributed by atoms with E-state index in [9.17, 15) is 14.8 Å². The molecule has 68 valence electrons. The van der Waals surface area contributed by atoms with E-state index in [1.54, 1.807) is 0 Å². The Morgan fingerprint density at radius 3 is 2.25 bits per heavy atom. The van der Waals surface area contributed by atoms with E-state index in [1.807, 2.05) is 0 Å². The quantitative estimate of drug-likeness (QED) is 0.569. The normalized spacial score (nSPS) is 30.5. The van der Waals surface area contributed by atoms with Crippen molar-refractivity contribution in [3.63, 3.8) is 0 Å². The van der Waals surface area contributed by atoms with Crippen molar-refractivity contribution >= 4 is 11.8 Å². The van der Waals surface area contributed by atoms with Gasteiger partial charge in [0.15, 0.2) is 11.3 Å². The van der Waals surface area contributed by atoms with E-state index in [1.165, 1.54) is 6.92 Å². The molecular formula is C7H11NO4. The number of Topliss-reactive ketones (excluding diaryl/α,β-unsaturated/α-hetero) is 1. The second kappa shape index (κ2) is 2.84. The van der Waals surface area contributed by atoms with Gasteiger partial charge in [-0.1, -0.05) is 0 Å². The molecule has 0 aliphatic carbocycles. The first kappa shape index (κ1) is 9.15. The van der Waals surface area contributed by atoms with Crippen LogP contribution in [0.5, 0.6) is 0 Å². The highest BCUT2D eigenvalue weighted by atomic mass is 16.5. The van der Waals surface area contributed by atoms with Crippen LogP contribution in [0, 0.1) is 0 Å². The number of carboxylic acid groups (broad SMARTS) is 1. The number of hydrogen-bond acceptors (Lipinski definition) is 4. The van der Waals surface area contributed by atoms with Gasteiger partial charge in [0.25, 0.3) is 0 Å². The third kappa shape index (κ3) is 1.02. The van der Waals surface area contributed by atoms with Crippen LogP contribution < -0.4 is 0 Å². The van der Waals surface area contributed by atoms with E-state index in [0.29, 0.717) is 11.5 Å². The summed E-state index contributed by atoms with van der Waals surface area (Å²) in [6.07, 6.45) is 0.719. The van der Waals surface area contributed by atoms with Gasteiger partial charge in [-0.25, -0.2) is 4.79 Å². The first-order valence-corrected chi connectivity index (χ1v) is 3.73. The maximum Gasteiger partial charge on any atom is 0.334 e. The summed E-state index contributed by atoms with van der Waals surface area (Å²) in [6, 6.07) is 0. The number of nitrogens with zero attached hydrogens (tertiary/aromatic N) is 1. The molecule has 2 N–H and O–H groups in total. The van der Waals surface area contributed by atoms with Crippen LogP contribution in [0.3, 0.4) is 0 Å². The molecule has 0 aromatic rings. The molecule has 5 nitrogen and oxygen atoms in total. The van der Waals surface area contributed by atoms with Gasteiger partial charge in [-0.05, 0) is 19.8 Å². The van der Waals surface area contributed by atoms with Gasteiger partial charge in [0.2, 0.25) is 0 Å². The maximum absolute atomic E-state index is 11.0. The Bertz CT molecular complexity index is 211. The number of carbonyl (C=O) groups excluding carboxylic acids is 1. The lowest BCUT2D eigenvalue weighted by molar-refractivity contribution is -0.186. The Kier molecular flexibility index (Phi) is 2.16. The predicted molar refractivity (Wildman–Crippen MR) is 38.8 cm³/mol. The molecule has 5 heteroatoms. The lowest BCUT2D eigenvalue weighted by Crippen LogP contribution is -2.54. The number of rotatable bonds is 2. The molecule has 1 fully saturated rings. The Hall–Kier alpha value is -0.940. The Balaban J connectivity index is 3.01. The van der Waals surface area contributed by atoms with Crippen molar-refractivity contribution < 1.29 is 19.9 Å². The Morgan fingerprint density at radius 1 is 1.50 bits per heavy atom. The second-order valence-corrected chi connectivity index (χ2v) is 2.95. The highest BCUT2D eigenvalue weighted by Crippen LogP contribution is 2.28. The number of carboxylic acids is 1. The van der Waals surface area contributed by atoms with Crippen LogP contribution in [-0.4, -0.2) is 39.2 Å². The second-order valence-electron chi connectivity index (χ2n) is 2.95. The highest BCUT2D eigenvalue weighted by Gasteiger charge is 2.51. The fraction of sp³-hybridized carbons (Fsp3) is 0.714. The molecular weight excluding hydrogens is 162 g/mol. The molecule has 12 heavy (non-hydrogen) atoms. The first-order chi connectivity index (χ1) is 5.51. The molecule has 1 aliphatic heterocycles. The Labute approximate surface area is 69.5 Å². The number of hydroxylamine groups is 2. The monoisotopic (exact) mass is 173 g/mol. The van der Waals surface area contributed by atoms with Crippen LogP contribution in [-0.2, 0) is 9.59 Å². The van der Waals surface area contributed by atoms with Crippen molar-refractivity contribution in [1.82, 2.24) is 5.06 Å². The average molecular weight is 173 g/mol. The molecule has 0 aromatic carbocycles. The highest BCUT2D eigenvalue weighted by molar-refractivity contribution is 6.06. The largest absolute Gasteiger partial charge is 0.479 e. The first-order valence-electron chi connectivity index (χ1n) is 3.73. The van der Waals surface area contributed by atoms with Crippen LogP contribution in [0.25, 0.3) is 0 Å². The topological polar surface area (TPSA) is 77.8 Å². The summed E-state index contributed by atoms with van der Waals surface area (Å²) >= 11 is 0. The van der Waals surface area contributed by atoms with Crippen LogP contribution in [0.1, 0.15) is 19.8 Å². The van der Waals surface area contributed by atoms with E-state index in [-0.39, 0.29) is 13.0 Å². The summed E-state index contributed by atoms with van der Waals surface area (Å²) in [7, 11) is 0. The van der Waals surface area contributed by atoms with Gasteiger partial charge in [0, 0.05) is 6.54 Å². The predicted octanol–water partition coefficient (Wildman–Crippen LogP) is -0.116. The van der Waals surface area contributed by atoms with Crippen molar-refractivity contribution in [2.75, 3.05) is 6.54 Å². The minimum Gasteiger partial charge on any atom is -0.479 e. The molecule has 0 radical (unpaired) electrons. The maximum atomic E-state index is 11.0. The van der Waals surface area contributed by atoms with E-state index < -0.39 is 17.3 Å². The third-order valence-electron chi connectivity index (χ3n) is 2.29. The fourth-order valence-corrected chi connectivity index (χ4v) is 1.53. The average Bonchev–Trinajstić information content (AvgIpc) is 2.31. The van der Waals surface area contributed by atoms with Crippen molar-refractivity contribution in [1.29, 1.82) is 0 Å². The van der Waals surface area contributed by atoms with E-state index in [0.717, 1.165) is 0 Å². The zero-order valence-corrected chi connectivity index (χ0v) is 6.78. The molecule has 0 aromatic heterocycles. The molecule has 0 saturated carbocycles. The molecule has 1 aliphatic rings. The molecule has 1 atom stereocenters. The van der Waals surface area contributed by atoms with Gasteiger partial charge in [-0.15, -0.1) is 0 Å². The summed E-state index contributed by atoms with van der Waals surface area (Å²) in [5.41, 5.74) is -1.68. The zero-order chi connectivity index (χ0) is 9.35. The summed E-state index contributed by atoms with van der Waals surface area (Å²) < 4.78 is 0. The summed E-state index contributed by atoms with van der Waals surface area (Å²) in [5, 5.41) is 18.6. The molecule has 0 bridgehead atoms. The van der Waals surface area contributed by atoms with E-state index >= 15 is 0 Å². The Morgan fingerprint density at radius 2 is 2.08 bits per heavy atom. The molecule has 1 unspecified atom stereocenters. The van der Waals surface area contributed by atoms with E-state index in [2.05, 4.69) is 0 Å². The van der Waals surface area contributed by atoms with Crippen molar-refractivity contribution in [2.24, 2.45) is 0 Å². The summed E-state index contributed by atoms with van der Waals surface area (Å²) in [6.45, 7) is 1.43. The molecule has 1 rings (SSSR count). The smallest absolute Gasteiger partial charge is 0.334 e.